The first kappa shape index (κ1) is 17.7. The number of rotatable bonds is 7. The number of allylic oxidation sites excluding steroid dienone is 1. The molecule has 0 aliphatic carbocycles. The van der Waals surface area contributed by atoms with Gasteiger partial charge in [0.05, 0.1) is 12.2 Å². The minimum Gasteiger partial charge on any atom is -0.462 e. The van der Waals surface area contributed by atoms with Crippen LogP contribution in [0.1, 0.15) is 40.8 Å². The summed E-state index contributed by atoms with van der Waals surface area (Å²) in [7, 11) is 0. The average molecular weight is 341 g/mol. The van der Waals surface area contributed by atoms with E-state index in [1.807, 2.05) is 19.2 Å². The molecule has 0 saturated heterocycles. The Morgan fingerprint density at radius 1 is 1.42 bits per heavy atom. The van der Waals surface area contributed by atoms with E-state index in [1.165, 1.54) is 11.3 Å². The van der Waals surface area contributed by atoms with Gasteiger partial charge in [-0.3, -0.25) is 0 Å². The molecule has 0 amide bonds. The number of esters is 1. The molecular formula is C18H19N3O2S. The number of benzene rings is 1. The topological polar surface area (TPSA) is 75.0 Å². The van der Waals surface area contributed by atoms with E-state index in [9.17, 15) is 10.1 Å². The Balaban J connectivity index is 1.99. The summed E-state index contributed by atoms with van der Waals surface area (Å²) in [5.74, 6) is -0.318. The van der Waals surface area contributed by atoms with E-state index < -0.39 is 0 Å². The summed E-state index contributed by atoms with van der Waals surface area (Å²) >= 11 is 1.43. The van der Waals surface area contributed by atoms with Crippen LogP contribution in [0.15, 0.2) is 35.8 Å². The Labute approximate surface area is 145 Å². The molecule has 0 bridgehead atoms. The molecular weight excluding hydrogens is 322 g/mol. The highest BCUT2D eigenvalue weighted by molar-refractivity contribution is 7.10. The fraction of sp³-hybridized carbons (Fsp3) is 0.278. The van der Waals surface area contributed by atoms with Gasteiger partial charge in [-0.05, 0) is 37.6 Å². The van der Waals surface area contributed by atoms with Crippen molar-refractivity contribution in [3.63, 3.8) is 0 Å². The number of hydrogen-bond acceptors (Lipinski definition) is 6. The standard InChI is InChI=1S/C18H19N3O2S/c1-3-4-9-23-18(22)14-5-7-16(8-6-14)20-11-15(10-19)17-21-13(2)12-24-17/h5-8,11-12,20H,3-4,9H2,1-2H3/b15-11+. The zero-order valence-corrected chi connectivity index (χ0v) is 14.5. The quantitative estimate of drug-likeness (QED) is 0.459. The van der Waals surface area contributed by atoms with Crippen LogP contribution in [0.4, 0.5) is 5.69 Å². The molecule has 6 heteroatoms. The van der Waals surface area contributed by atoms with Crippen molar-refractivity contribution in [2.75, 3.05) is 11.9 Å². The lowest BCUT2D eigenvalue weighted by atomic mass is 10.2. The van der Waals surface area contributed by atoms with Crippen molar-refractivity contribution in [2.45, 2.75) is 26.7 Å². The van der Waals surface area contributed by atoms with Crippen molar-refractivity contribution in [3.8, 4) is 6.07 Å². The maximum atomic E-state index is 11.8. The summed E-state index contributed by atoms with van der Waals surface area (Å²) in [6.45, 7) is 4.38. The molecule has 124 valence electrons. The Bertz CT molecular complexity index is 757. The van der Waals surface area contributed by atoms with E-state index in [0.717, 1.165) is 24.2 Å². The van der Waals surface area contributed by atoms with Gasteiger partial charge in [0.15, 0.2) is 0 Å². The Morgan fingerprint density at radius 3 is 2.75 bits per heavy atom. The van der Waals surface area contributed by atoms with Crippen molar-refractivity contribution in [1.29, 1.82) is 5.26 Å². The van der Waals surface area contributed by atoms with Gasteiger partial charge >= 0.3 is 5.97 Å². The number of nitrogens with zero attached hydrogens (tertiary/aromatic N) is 2. The summed E-state index contributed by atoms with van der Waals surface area (Å²) in [6, 6.07) is 9.08. The van der Waals surface area contributed by atoms with E-state index in [2.05, 4.69) is 16.4 Å². The number of ether oxygens (including phenoxy) is 1. The van der Waals surface area contributed by atoms with Crippen LogP contribution in [0.3, 0.4) is 0 Å². The second kappa shape index (κ2) is 8.85. The van der Waals surface area contributed by atoms with Crippen molar-refractivity contribution >= 4 is 28.6 Å². The smallest absolute Gasteiger partial charge is 0.338 e. The summed E-state index contributed by atoms with van der Waals surface area (Å²) in [5, 5.41) is 14.9. The van der Waals surface area contributed by atoms with E-state index >= 15 is 0 Å². The minimum atomic E-state index is -0.318. The van der Waals surface area contributed by atoms with Crippen LogP contribution >= 0.6 is 11.3 Å². The lowest BCUT2D eigenvalue weighted by Crippen LogP contribution is -2.06. The van der Waals surface area contributed by atoms with Crippen molar-refractivity contribution in [2.24, 2.45) is 0 Å². The van der Waals surface area contributed by atoms with Crippen molar-refractivity contribution in [3.05, 3.63) is 52.1 Å². The van der Waals surface area contributed by atoms with Gasteiger partial charge in [0, 0.05) is 23.0 Å². The molecule has 1 heterocycles. The molecule has 1 aromatic heterocycles. The predicted octanol–water partition coefficient (Wildman–Crippen LogP) is 4.39. The summed E-state index contributed by atoms with van der Waals surface area (Å²) in [4.78, 5) is 16.1. The van der Waals surface area contributed by atoms with Crippen molar-refractivity contribution < 1.29 is 9.53 Å². The normalized spacial score (nSPS) is 11.0. The maximum Gasteiger partial charge on any atom is 0.338 e. The fourth-order valence-electron chi connectivity index (χ4n) is 1.87. The van der Waals surface area contributed by atoms with Crippen LogP contribution < -0.4 is 5.32 Å². The zero-order valence-electron chi connectivity index (χ0n) is 13.7. The molecule has 1 N–H and O–H groups in total. The van der Waals surface area contributed by atoms with Gasteiger partial charge < -0.3 is 10.1 Å². The highest BCUT2D eigenvalue weighted by Gasteiger charge is 2.07. The first-order valence-corrected chi connectivity index (χ1v) is 8.58. The van der Waals surface area contributed by atoms with Crippen LogP contribution in [-0.4, -0.2) is 17.6 Å². The number of aromatic nitrogens is 1. The van der Waals surface area contributed by atoms with Gasteiger partial charge in [-0.25, -0.2) is 9.78 Å². The van der Waals surface area contributed by atoms with Gasteiger partial charge in [-0.2, -0.15) is 5.26 Å². The number of carbonyl (C=O) groups excluding carboxylic acids is 1. The van der Waals surface area contributed by atoms with Crippen LogP contribution in [0.5, 0.6) is 0 Å². The second-order valence-corrected chi connectivity index (χ2v) is 6.03. The zero-order chi connectivity index (χ0) is 17.4. The molecule has 5 nitrogen and oxygen atoms in total. The third-order valence-electron chi connectivity index (χ3n) is 3.20. The van der Waals surface area contributed by atoms with E-state index in [1.54, 1.807) is 30.5 Å². The van der Waals surface area contributed by atoms with Gasteiger partial charge in [-0.1, -0.05) is 13.3 Å². The Kier molecular flexibility index (Phi) is 6.52. The maximum absolute atomic E-state index is 11.8. The highest BCUT2D eigenvalue weighted by Crippen LogP contribution is 2.19. The number of thiazole rings is 1. The highest BCUT2D eigenvalue weighted by atomic mass is 32.1. The first-order valence-electron chi connectivity index (χ1n) is 7.70. The largest absolute Gasteiger partial charge is 0.462 e. The van der Waals surface area contributed by atoms with Crippen LogP contribution in [0.2, 0.25) is 0 Å². The molecule has 0 atom stereocenters. The number of anilines is 1. The third kappa shape index (κ3) is 4.93. The van der Waals surface area contributed by atoms with Crippen LogP contribution in [-0.2, 0) is 4.74 Å². The lowest BCUT2D eigenvalue weighted by molar-refractivity contribution is 0.0500. The monoisotopic (exact) mass is 341 g/mol. The molecule has 0 spiro atoms. The molecule has 1 aromatic carbocycles. The van der Waals surface area contributed by atoms with E-state index in [0.29, 0.717) is 22.8 Å². The van der Waals surface area contributed by atoms with Gasteiger partial charge in [-0.15, -0.1) is 11.3 Å². The number of nitriles is 1. The van der Waals surface area contributed by atoms with Gasteiger partial charge in [0.1, 0.15) is 16.6 Å². The van der Waals surface area contributed by atoms with Gasteiger partial charge in [0.2, 0.25) is 0 Å². The van der Waals surface area contributed by atoms with Crippen LogP contribution in [0.25, 0.3) is 5.57 Å². The minimum absolute atomic E-state index is 0.318. The summed E-state index contributed by atoms with van der Waals surface area (Å²) in [5.41, 5.74) is 2.65. The molecule has 2 aromatic rings. The number of nitrogens with one attached hydrogen (secondary N) is 1. The number of hydrogen-bond donors (Lipinski definition) is 1. The molecule has 0 saturated carbocycles. The number of unbranched alkanes of at least 4 members (excludes halogenated alkanes) is 1. The Hall–Kier alpha value is -2.65. The second-order valence-electron chi connectivity index (χ2n) is 5.18. The third-order valence-corrected chi connectivity index (χ3v) is 4.20. The first-order chi connectivity index (χ1) is 11.6. The molecule has 0 aliphatic heterocycles. The lowest BCUT2D eigenvalue weighted by Gasteiger charge is -2.05. The van der Waals surface area contributed by atoms with Crippen molar-refractivity contribution in [1.82, 2.24) is 4.98 Å². The SMILES string of the molecule is CCCCOC(=O)c1ccc(N/C=C(\C#N)c2nc(C)cs2)cc1. The average Bonchev–Trinajstić information content (AvgIpc) is 3.02. The van der Waals surface area contributed by atoms with Gasteiger partial charge in [0.25, 0.3) is 0 Å². The molecule has 24 heavy (non-hydrogen) atoms. The fourth-order valence-corrected chi connectivity index (χ4v) is 2.63. The van der Waals surface area contributed by atoms with E-state index in [4.69, 9.17) is 4.74 Å². The predicted molar refractivity (Wildman–Crippen MR) is 95.7 cm³/mol. The summed E-state index contributed by atoms with van der Waals surface area (Å²) < 4.78 is 5.16. The summed E-state index contributed by atoms with van der Waals surface area (Å²) in [6.07, 6.45) is 3.47. The molecule has 0 unspecified atom stereocenters. The molecule has 0 radical (unpaired) electrons. The molecule has 0 aliphatic rings. The number of carbonyl (C=O) groups is 1. The number of aryl methyl sites for hydroxylation is 1. The molecule has 2 rings (SSSR count). The Morgan fingerprint density at radius 2 is 2.17 bits per heavy atom. The van der Waals surface area contributed by atoms with Crippen LogP contribution in [0, 0.1) is 18.3 Å². The van der Waals surface area contributed by atoms with E-state index in [-0.39, 0.29) is 5.97 Å². The molecule has 0 fully saturated rings.